The number of pyridine rings is 1. The van der Waals surface area contributed by atoms with Crippen molar-refractivity contribution in [3.05, 3.63) is 47.3 Å². The van der Waals surface area contributed by atoms with Crippen molar-refractivity contribution >= 4 is 11.6 Å². The molecule has 0 aliphatic carbocycles. The molecule has 0 amide bonds. The number of rotatable bonds is 2. The van der Waals surface area contributed by atoms with Crippen molar-refractivity contribution < 1.29 is 4.74 Å². The van der Waals surface area contributed by atoms with Crippen LogP contribution in [0.2, 0.25) is 5.28 Å². The minimum atomic E-state index is -0.0294. The monoisotopic (exact) mass is 316 g/mol. The van der Waals surface area contributed by atoms with E-state index in [9.17, 15) is 0 Å². The maximum absolute atomic E-state index is 6.22. The van der Waals surface area contributed by atoms with Crippen molar-refractivity contribution in [1.82, 2.24) is 19.9 Å². The highest BCUT2D eigenvalue weighted by molar-refractivity contribution is 6.28. The van der Waals surface area contributed by atoms with Crippen LogP contribution >= 0.6 is 11.6 Å². The van der Waals surface area contributed by atoms with E-state index in [1.807, 2.05) is 12.4 Å². The van der Waals surface area contributed by atoms with Crippen LogP contribution in [0.15, 0.2) is 30.9 Å². The second-order valence-electron chi connectivity index (χ2n) is 6.08. The smallest absolute Gasteiger partial charge is 0.222 e. The Balaban J connectivity index is 1.38. The van der Waals surface area contributed by atoms with Gasteiger partial charge in [-0.25, -0.2) is 9.97 Å². The third-order valence-electron chi connectivity index (χ3n) is 4.56. The topological polar surface area (TPSA) is 51.1 Å². The fraction of sp³-hybridized carbons (Fsp3) is 0.438. The highest BCUT2D eigenvalue weighted by Gasteiger charge is 2.41. The number of hydrogen-bond donors (Lipinski definition) is 0. The Bertz CT molecular complexity index is 641. The Hall–Kier alpha value is -1.72. The number of nitrogens with zero attached hydrogens (tertiary/aromatic N) is 4. The van der Waals surface area contributed by atoms with E-state index in [-0.39, 0.29) is 5.60 Å². The average molecular weight is 317 g/mol. The van der Waals surface area contributed by atoms with Crippen LogP contribution in [0.5, 0.6) is 5.75 Å². The molecule has 1 fully saturated rings. The highest BCUT2D eigenvalue weighted by atomic mass is 35.5. The molecule has 4 heterocycles. The molecule has 2 aliphatic heterocycles. The molecule has 6 heteroatoms. The van der Waals surface area contributed by atoms with Crippen molar-refractivity contribution in [3.8, 4) is 5.75 Å². The van der Waals surface area contributed by atoms with Gasteiger partial charge in [0.2, 0.25) is 5.28 Å². The van der Waals surface area contributed by atoms with Crippen LogP contribution in [0.25, 0.3) is 0 Å². The fourth-order valence-electron chi connectivity index (χ4n) is 3.34. The zero-order valence-corrected chi connectivity index (χ0v) is 13.0. The number of aromatic nitrogens is 3. The van der Waals surface area contributed by atoms with Crippen LogP contribution in [0.4, 0.5) is 0 Å². The summed E-state index contributed by atoms with van der Waals surface area (Å²) < 4.78 is 6.22. The van der Waals surface area contributed by atoms with Crippen LogP contribution in [0.3, 0.4) is 0 Å². The third kappa shape index (κ3) is 2.66. The number of ether oxygens (including phenoxy) is 1. The number of hydrogen-bond acceptors (Lipinski definition) is 5. The predicted octanol–water partition coefficient (Wildman–Crippen LogP) is 2.49. The largest absolute Gasteiger partial charge is 0.485 e. The van der Waals surface area contributed by atoms with Gasteiger partial charge in [-0.1, -0.05) is 0 Å². The zero-order valence-electron chi connectivity index (χ0n) is 12.2. The second-order valence-corrected chi connectivity index (χ2v) is 6.42. The Kier molecular flexibility index (Phi) is 3.47. The standard InChI is InChI=1S/C16H17ClN4O/c17-15-19-8-12(9-20-15)11-21-5-2-16(3-6-21)7-13-1-4-18-10-14(13)22-16/h1,4,8-10H,2-3,5-7,11H2. The molecule has 0 saturated carbocycles. The van der Waals surface area contributed by atoms with Gasteiger partial charge < -0.3 is 4.74 Å². The molecule has 0 bridgehead atoms. The van der Waals surface area contributed by atoms with E-state index in [2.05, 4.69) is 25.9 Å². The average Bonchev–Trinajstić information content (AvgIpc) is 2.90. The summed E-state index contributed by atoms with van der Waals surface area (Å²) in [7, 11) is 0. The number of likely N-dealkylation sites (tertiary alicyclic amines) is 1. The molecule has 0 N–H and O–H groups in total. The number of fused-ring (bicyclic) bond motifs is 1. The van der Waals surface area contributed by atoms with Gasteiger partial charge in [0, 0.05) is 68.6 Å². The lowest BCUT2D eigenvalue weighted by atomic mass is 9.87. The molecular weight excluding hydrogens is 300 g/mol. The SMILES string of the molecule is Clc1ncc(CN2CCC3(CC2)Cc2ccncc2O3)cn1. The van der Waals surface area contributed by atoms with Gasteiger partial charge in [-0.3, -0.25) is 9.88 Å². The van der Waals surface area contributed by atoms with E-state index in [1.54, 1.807) is 12.4 Å². The first-order valence-corrected chi connectivity index (χ1v) is 7.91. The van der Waals surface area contributed by atoms with E-state index in [0.29, 0.717) is 5.28 Å². The van der Waals surface area contributed by atoms with Gasteiger partial charge in [-0.15, -0.1) is 0 Å². The lowest BCUT2D eigenvalue weighted by Gasteiger charge is -2.38. The molecular formula is C16H17ClN4O. The lowest BCUT2D eigenvalue weighted by Crippen LogP contribution is -2.47. The molecule has 0 unspecified atom stereocenters. The molecule has 0 aromatic carbocycles. The Morgan fingerprint density at radius 1 is 1.18 bits per heavy atom. The molecule has 0 atom stereocenters. The molecule has 2 aromatic heterocycles. The molecule has 2 aliphatic rings. The Morgan fingerprint density at radius 2 is 1.95 bits per heavy atom. The van der Waals surface area contributed by atoms with E-state index >= 15 is 0 Å². The summed E-state index contributed by atoms with van der Waals surface area (Å²) in [6.07, 6.45) is 10.4. The van der Waals surface area contributed by atoms with E-state index in [4.69, 9.17) is 16.3 Å². The first kappa shape index (κ1) is 13.9. The minimum absolute atomic E-state index is 0.0294. The first-order chi connectivity index (χ1) is 10.7. The second kappa shape index (κ2) is 5.48. The predicted molar refractivity (Wildman–Crippen MR) is 82.9 cm³/mol. The minimum Gasteiger partial charge on any atom is -0.485 e. The summed E-state index contributed by atoms with van der Waals surface area (Å²) in [6.45, 7) is 2.90. The van der Waals surface area contributed by atoms with Crippen molar-refractivity contribution in [2.45, 2.75) is 31.4 Å². The van der Waals surface area contributed by atoms with E-state index < -0.39 is 0 Å². The van der Waals surface area contributed by atoms with Crippen LogP contribution in [0, 0.1) is 0 Å². The Morgan fingerprint density at radius 3 is 2.68 bits per heavy atom. The fourth-order valence-corrected chi connectivity index (χ4v) is 3.44. The molecule has 1 spiro atoms. The van der Waals surface area contributed by atoms with Gasteiger partial charge in [0.25, 0.3) is 0 Å². The van der Waals surface area contributed by atoms with Crippen LogP contribution in [-0.2, 0) is 13.0 Å². The molecule has 0 radical (unpaired) electrons. The van der Waals surface area contributed by atoms with E-state index in [0.717, 1.165) is 50.2 Å². The molecule has 5 nitrogen and oxygen atoms in total. The molecule has 114 valence electrons. The third-order valence-corrected chi connectivity index (χ3v) is 4.75. The van der Waals surface area contributed by atoms with Crippen molar-refractivity contribution in [3.63, 3.8) is 0 Å². The lowest BCUT2D eigenvalue weighted by molar-refractivity contribution is 0.0168. The van der Waals surface area contributed by atoms with Gasteiger partial charge >= 0.3 is 0 Å². The first-order valence-electron chi connectivity index (χ1n) is 7.53. The van der Waals surface area contributed by atoms with Crippen molar-refractivity contribution in [2.75, 3.05) is 13.1 Å². The zero-order chi connectivity index (χ0) is 15.0. The van der Waals surface area contributed by atoms with Crippen LogP contribution < -0.4 is 4.74 Å². The summed E-state index contributed by atoms with van der Waals surface area (Å²) in [4.78, 5) is 14.6. The quantitative estimate of drug-likeness (QED) is 0.797. The van der Waals surface area contributed by atoms with Gasteiger partial charge in [-0.2, -0.15) is 0 Å². The molecule has 1 saturated heterocycles. The van der Waals surface area contributed by atoms with Crippen LogP contribution in [0.1, 0.15) is 24.0 Å². The van der Waals surface area contributed by atoms with Crippen LogP contribution in [-0.4, -0.2) is 38.5 Å². The summed E-state index contributed by atoms with van der Waals surface area (Å²) in [5, 5.41) is 0.298. The normalized spacial score (nSPS) is 19.9. The van der Waals surface area contributed by atoms with Crippen molar-refractivity contribution in [1.29, 1.82) is 0 Å². The summed E-state index contributed by atoms with van der Waals surface area (Å²) in [6, 6.07) is 2.07. The van der Waals surface area contributed by atoms with Gasteiger partial charge in [-0.05, 0) is 17.7 Å². The number of piperidine rings is 1. The Labute approximate surface area is 134 Å². The van der Waals surface area contributed by atoms with E-state index in [1.165, 1.54) is 5.56 Å². The van der Waals surface area contributed by atoms with Gasteiger partial charge in [0.05, 0.1) is 6.20 Å². The summed E-state index contributed by atoms with van der Waals surface area (Å²) in [5.41, 5.74) is 2.35. The maximum Gasteiger partial charge on any atom is 0.222 e. The molecule has 2 aromatic rings. The summed E-state index contributed by atoms with van der Waals surface area (Å²) >= 11 is 5.72. The number of halogens is 1. The maximum atomic E-state index is 6.22. The summed E-state index contributed by atoms with van der Waals surface area (Å²) in [5.74, 6) is 0.960. The molecule has 22 heavy (non-hydrogen) atoms. The van der Waals surface area contributed by atoms with Gasteiger partial charge in [0.1, 0.15) is 11.4 Å². The highest BCUT2D eigenvalue weighted by Crippen LogP contribution is 2.40. The molecule has 4 rings (SSSR count). The van der Waals surface area contributed by atoms with Gasteiger partial charge in [0.15, 0.2) is 0 Å². The van der Waals surface area contributed by atoms with Crippen molar-refractivity contribution in [2.24, 2.45) is 0 Å².